The van der Waals surface area contributed by atoms with E-state index in [1.165, 1.54) is 12.8 Å². The van der Waals surface area contributed by atoms with Gasteiger partial charge in [0.05, 0.1) is 12.2 Å². The van der Waals surface area contributed by atoms with E-state index in [0.29, 0.717) is 25.4 Å². The Morgan fingerprint density at radius 2 is 2.08 bits per heavy atom. The molecule has 2 heterocycles. The lowest BCUT2D eigenvalue weighted by atomic mass is 9.93. The maximum atomic E-state index is 12.6. The molecule has 1 aromatic heterocycles. The molecule has 1 saturated carbocycles. The second-order valence-electron chi connectivity index (χ2n) is 7.46. The van der Waals surface area contributed by atoms with Crippen molar-refractivity contribution in [3.63, 3.8) is 0 Å². The third-order valence-corrected chi connectivity index (χ3v) is 5.11. The quantitative estimate of drug-likeness (QED) is 0.863. The molecular formula is C20H25N3O3. The number of β-amino-alcohol motifs (C(OH)–C–C–N with tert-alkyl or cyclic N) is 1. The fourth-order valence-corrected chi connectivity index (χ4v) is 3.48. The molecule has 4 rings (SSSR count). The lowest BCUT2D eigenvalue weighted by Gasteiger charge is -2.38. The van der Waals surface area contributed by atoms with Crippen LogP contribution in [0, 0.1) is 0 Å². The number of amides is 1. The maximum Gasteiger partial charge on any atom is 0.244 e. The van der Waals surface area contributed by atoms with E-state index in [1.807, 2.05) is 42.6 Å². The summed E-state index contributed by atoms with van der Waals surface area (Å²) in [6.07, 6.45) is 5.68. The van der Waals surface area contributed by atoms with Crippen LogP contribution in [0.5, 0.6) is 5.75 Å². The first-order chi connectivity index (χ1) is 12.6. The number of para-hydroxylation sites is 1. The Kier molecular flexibility index (Phi) is 4.68. The average Bonchev–Trinajstić information content (AvgIpc) is 3.41. The van der Waals surface area contributed by atoms with Gasteiger partial charge in [0.15, 0.2) is 0 Å². The number of hydrogen-bond acceptors (Lipinski definition) is 4. The van der Waals surface area contributed by atoms with Crippen molar-refractivity contribution in [1.29, 1.82) is 0 Å². The van der Waals surface area contributed by atoms with Crippen molar-refractivity contribution < 1.29 is 14.6 Å². The monoisotopic (exact) mass is 355 g/mol. The molecular weight excluding hydrogens is 330 g/mol. The zero-order valence-electron chi connectivity index (χ0n) is 14.9. The molecule has 6 nitrogen and oxygen atoms in total. The molecule has 2 aliphatic rings. The normalized spacial score (nSPS) is 23.0. The maximum absolute atomic E-state index is 12.6. The third-order valence-electron chi connectivity index (χ3n) is 5.11. The van der Waals surface area contributed by atoms with E-state index in [-0.39, 0.29) is 19.1 Å². The van der Waals surface area contributed by atoms with Crippen molar-refractivity contribution in [3.05, 3.63) is 48.3 Å². The van der Waals surface area contributed by atoms with Crippen LogP contribution >= 0.6 is 0 Å². The van der Waals surface area contributed by atoms with Crippen LogP contribution < -0.4 is 4.74 Å². The van der Waals surface area contributed by atoms with Gasteiger partial charge < -0.3 is 14.7 Å². The van der Waals surface area contributed by atoms with Gasteiger partial charge in [-0.3, -0.25) is 9.48 Å². The fraction of sp³-hybridized carbons (Fsp3) is 0.500. The number of carbonyl (C=O) groups is 1. The van der Waals surface area contributed by atoms with E-state index in [2.05, 4.69) is 5.10 Å². The Morgan fingerprint density at radius 1 is 1.27 bits per heavy atom. The van der Waals surface area contributed by atoms with E-state index in [0.717, 1.165) is 17.9 Å². The Hall–Kier alpha value is -2.34. The second-order valence-corrected chi connectivity index (χ2v) is 7.46. The predicted octanol–water partition coefficient (Wildman–Crippen LogP) is 2.19. The Balaban J connectivity index is 1.33. The summed E-state index contributed by atoms with van der Waals surface area (Å²) in [7, 11) is 0. The van der Waals surface area contributed by atoms with Crippen LogP contribution in [0.3, 0.4) is 0 Å². The van der Waals surface area contributed by atoms with Crippen molar-refractivity contribution in [1.82, 2.24) is 14.7 Å². The SMILES string of the molecule is O=C(Cn1ccc(C2CC2)n1)N1CCC[C@](O)(COc2ccccc2)C1. The number of carbonyl (C=O) groups excluding carboxylic acids is 1. The number of aromatic nitrogens is 2. The zero-order valence-corrected chi connectivity index (χ0v) is 14.9. The van der Waals surface area contributed by atoms with Crippen molar-refractivity contribution >= 4 is 5.91 Å². The van der Waals surface area contributed by atoms with Crippen molar-refractivity contribution in [2.45, 2.75) is 43.7 Å². The molecule has 138 valence electrons. The number of piperidine rings is 1. The van der Waals surface area contributed by atoms with E-state index < -0.39 is 5.60 Å². The number of aliphatic hydroxyl groups is 1. The Bertz CT molecular complexity index is 757. The van der Waals surface area contributed by atoms with Crippen LogP contribution in [0.1, 0.15) is 37.3 Å². The minimum Gasteiger partial charge on any atom is -0.491 e. The zero-order chi connectivity index (χ0) is 18.0. The number of benzene rings is 1. The van der Waals surface area contributed by atoms with Crippen molar-refractivity contribution in [2.24, 2.45) is 0 Å². The van der Waals surface area contributed by atoms with Crippen molar-refractivity contribution in [3.8, 4) is 5.75 Å². The summed E-state index contributed by atoms with van der Waals surface area (Å²) in [6.45, 7) is 1.38. The molecule has 1 saturated heterocycles. The minimum atomic E-state index is -1.01. The van der Waals surface area contributed by atoms with Crippen LogP contribution in [-0.2, 0) is 11.3 Å². The van der Waals surface area contributed by atoms with Crippen LogP contribution in [0.15, 0.2) is 42.6 Å². The summed E-state index contributed by atoms with van der Waals surface area (Å²) in [4.78, 5) is 14.4. The topological polar surface area (TPSA) is 67.6 Å². The number of likely N-dealkylation sites (tertiary alicyclic amines) is 1. The molecule has 1 aromatic carbocycles. The highest BCUT2D eigenvalue weighted by molar-refractivity contribution is 5.76. The second kappa shape index (κ2) is 7.11. The first-order valence-corrected chi connectivity index (χ1v) is 9.33. The molecule has 1 amide bonds. The van der Waals surface area contributed by atoms with E-state index >= 15 is 0 Å². The summed E-state index contributed by atoms with van der Waals surface area (Å²) < 4.78 is 7.44. The highest BCUT2D eigenvalue weighted by Crippen LogP contribution is 2.38. The van der Waals surface area contributed by atoms with Crippen LogP contribution in [-0.4, -0.2) is 51.0 Å². The lowest BCUT2D eigenvalue weighted by Crippen LogP contribution is -2.53. The van der Waals surface area contributed by atoms with Gasteiger partial charge in [-0.05, 0) is 43.9 Å². The number of nitrogens with zero attached hydrogens (tertiary/aromatic N) is 3. The molecule has 6 heteroatoms. The van der Waals surface area contributed by atoms with Gasteiger partial charge in [0.25, 0.3) is 0 Å². The first-order valence-electron chi connectivity index (χ1n) is 9.33. The van der Waals surface area contributed by atoms with Gasteiger partial charge in [-0.15, -0.1) is 0 Å². The van der Waals surface area contributed by atoms with E-state index in [9.17, 15) is 9.90 Å². The van der Waals surface area contributed by atoms with Gasteiger partial charge in [0.2, 0.25) is 5.91 Å². The van der Waals surface area contributed by atoms with Crippen LogP contribution in [0.2, 0.25) is 0 Å². The van der Waals surface area contributed by atoms with E-state index in [4.69, 9.17) is 4.74 Å². The first kappa shape index (κ1) is 17.1. The van der Waals surface area contributed by atoms with Gasteiger partial charge >= 0.3 is 0 Å². The molecule has 1 aliphatic carbocycles. The van der Waals surface area contributed by atoms with Gasteiger partial charge in [0, 0.05) is 18.7 Å². The Labute approximate surface area is 153 Å². The largest absolute Gasteiger partial charge is 0.491 e. The van der Waals surface area contributed by atoms with Gasteiger partial charge in [-0.25, -0.2) is 0 Å². The standard InChI is InChI=1S/C20H25N3O3/c24-19(13-23-12-9-18(21-23)16-7-8-16)22-11-4-10-20(25,14-22)15-26-17-5-2-1-3-6-17/h1-3,5-6,9,12,16,25H,4,7-8,10-11,13-15H2/t20-/m1/s1. The molecule has 0 spiro atoms. The summed E-state index contributed by atoms with van der Waals surface area (Å²) in [5.41, 5.74) is 0.0803. The molecule has 1 atom stereocenters. The molecule has 2 aromatic rings. The summed E-state index contributed by atoms with van der Waals surface area (Å²) in [5.74, 6) is 1.31. The molecule has 1 N–H and O–H groups in total. The number of hydrogen-bond donors (Lipinski definition) is 1. The molecule has 0 bridgehead atoms. The highest BCUT2D eigenvalue weighted by Gasteiger charge is 2.36. The minimum absolute atomic E-state index is 0.00622. The third kappa shape index (κ3) is 4.07. The smallest absolute Gasteiger partial charge is 0.244 e. The van der Waals surface area contributed by atoms with Crippen molar-refractivity contribution in [2.75, 3.05) is 19.7 Å². The summed E-state index contributed by atoms with van der Waals surface area (Å²) in [6, 6.07) is 11.5. The lowest BCUT2D eigenvalue weighted by molar-refractivity contribution is -0.140. The summed E-state index contributed by atoms with van der Waals surface area (Å²) in [5, 5.41) is 15.4. The van der Waals surface area contributed by atoms with Crippen LogP contribution in [0.25, 0.3) is 0 Å². The number of rotatable bonds is 6. The van der Waals surface area contributed by atoms with E-state index in [1.54, 1.807) is 9.58 Å². The van der Waals surface area contributed by atoms with Gasteiger partial charge in [-0.2, -0.15) is 5.10 Å². The molecule has 0 unspecified atom stereocenters. The average molecular weight is 355 g/mol. The highest BCUT2D eigenvalue weighted by atomic mass is 16.5. The molecule has 26 heavy (non-hydrogen) atoms. The molecule has 0 radical (unpaired) electrons. The summed E-state index contributed by atoms with van der Waals surface area (Å²) >= 11 is 0. The molecule has 2 fully saturated rings. The fourth-order valence-electron chi connectivity index (χ4n) is 3.48. The Morgan fingerprint density at radius 3 is 2.85 bits per heavy atom. The molecule has 1 aliphatic heterocycles. The van der Waals surface area contributed by atoms with Crippen LogP contribution in [0.4, 0.5) is 0 Å². The number of ether oxygens (including phenoxy) is 1. The van der Waals surface area contributed by atoms with Gasteiger partial charge in [0.1, 0.15) is 24.5 Å². The predicted molar refractivity (Wildman–Crippen MR) is 96.9 cm³/mol. The van der Waals surface area contributed by atoms with Gasteiger partial charge in [-0.1, -0.05) is 18.2 Å².